The number of esters is 1. The van der Waals surface area contributed by atoms with Crippen molar-refractivity contribution in [3.63, 3.8) is 0 Å². The van der Waals surface area contributed by atoms with Gasteiger partial charge in [0.05, 0.1) is 57.6 Å². The summed E-state index contributed by atoms with van der Waals surface area (Å²) in [5, 5.41) is -0.767. The molecule has 0 aromatic carbocycles. The molecule has 0 aromatic rings. The van der Waals surface area contributed by atoms with E-state index in [9.17, 15) is 13.2 Å². The molecule has 0 heterocycles. The molecule has 0 saturated heterocycles. The molecule has 0 fully saturated rings. The minimum Gasteiger partial charge on any atom is -0.469 e. The number of hydrogen-bond donors (Lipinski definition) is 0. The number of hydrogen-bond acceptors (Lipinski definition) is 7. The average molecular weight is 312 g/mol. The lowest BCUT2D eigenvalue weighted by Crippen LogP contribution is -2.26. The molecular weight excluding hydrogens is 288 g/mol. The Kier molecular flexibility index (Phi) is 10.6. The predicted molar refractivity (Wildman–Crippen MR) is 73.4 cm³/mol. The lowest BCUT2D eigenvalue weighted by Gasteiger charge is -2.12. The fourth-order valence-corrected chi connectivity index (χ4v) is 2.43. The highest BCUT2D eigenvalue weighted by Crippen LogP contribution is 2.07. The molecule has 8 heteroatoms. The Morgan fingerprint density at radius 2 is 1.55 bits per heavy atom. The van der Waals surface area contributed by atoms with Crippen LogP contribution in [0.1, 0.15) is 13.3 Å². The van der Waals surface area contributed by atoms with Crippen LogP contribution in [-0.4, -0.2) is 72.6 Å². The van der Waals surface area contributed by atoms with Crippen molar-refractivity contribution >= 4 is 15.8 Å². The fourth-order valence-electron chi connectivity index (χ4n) is 1.29. The Hall–Kier alpha value is -0.700. The quantitative estimate of drug-likeness (QED) is 0.371. The number of methoxy groups -OCH3 is 2. The summed E-state index contributed by atoms with van der Waals surface area (Å²) in [7, 11) is -0.539. The van der Waals surface area contributed by atoms with Gasteiger partial charge in [-0.15, -0.1) is 0 Å². The Balaban J connectivity index is 3.74. The zero-order chi connectivity index (χ0) is 15.4. The number of sulfone groups is 1. The fraction of sp³-hybridized carbons (Fsp3) is 0.917. The number of rotatable bonds is 12. The van der Waals surface area contributed by atoms with Gasteiger partial charge < -0.3 is 18.9 Å². The van der Waals surface area contributed by atoms with Gasteiger partial charge in [0.25, 0.3) is 0 Å². The van der Waals surface area contributed by atoms with Crippen LogP contribution in [0.3, 0.4) is 0 Å². The minimum atomic E-state index is -3.35. The van der Waals surface area contributed by atoms with Crippen molar-refractivity contribution in [2.45, 2.75) is 18.6 Å². The lowest BCUT2D eigenvalue weighted by atomic mass is 10.3. The van der Waals surface area contributed by atoms with Gasteiger partial charge in [0, 0.05) is 7.11 Å². The summed E-state index contributed by atoms with van der Waals surface area (Å²) in [5.41, 5.74) is 0. The molecule has 0 N–H and O–H groups in total. The zero-order valence-corrected chi connectivity index (χ0v) is 13.1. The highest BCUT2D eigenvalue weighted by Gasteiger charge is 2.23. The van der Waals surface area contributed by atoms with Crippen LogP contribution >= 0.6 is 0 Å². The molecule has 20 heavy (non-hydrogen) atoms. The van der Waals surface area contributed by atoms with E-state index in [0.29, 0.717) is 26.4 Å². The van der Waals surface area contributed by atoms with Gasteiger partial charge in [-0.2, -0.15) is 0 Å². The SMILES string of the molecule is COCCOCCOCCS(=O)(=O)C(C)CC(=O)OC. The highest BCUT2D eigenvalue weighted by atomic mass is 32.2. The molecule has 0 rings (SSSR count). The predicted octanol–water partition coefficient (Wildman–Crippen LogP) is 0.0324. The van der Waals surface area contributed by atoms with Crippen LogP contribution in [0.15, 0.2) is 0 Å². The summed E-state index contributed by atoms with van der Waals surface area (Å²) >= 11 is 0. The van der Waals surface area contributed by atoms with Crippen LogP contribution in [0.5, 0.6) is 0 Å². The number of carbonyl (C=O) groups is 1. The molecule has 0 bridgehead atoms. The van der Waals surface area contributed by atoms with Crippen molar-refractivity contribution in [1.29, 1.82) is 0 Å². The Bertz CT molecular complexity index is 353. The van der Waals surface area contributed by atoms with Gasteiger partial charge >= 0.3 is 5.97 Å². The molecule has 0 aliphatic carbocycles. The smallest absolute Gasteiger partial charge is 0.306 e. The second-order valence-corrected chi connectivity index (χ2v) is 6.71. The van der Waals surface area contributed by atoms with Crippen LogP contribution in [0.4, 0.5) is 0 Å². The molecule has 1 unspecified atom stereocenters. The van der Waals surface area contributed by atoms with Gasteiger partial charge in [0.1, 0.15) is 0 Å². The average Bonchev–Trinajstić information content (AvgIpc) is 2.41. The lowest BCUT2D eigenvalue weighted by molar-refractivity contribution is -0.140. The maximum Gasteiger partial charge on any atom is 0.306 e. The van der Waals surface area contributed by atoms with Gasteiger partial charge in [0.15, 0.2) is 9.84 Å². The first kappa shape index (κ1) is 19.3. The van der Waals surface area contributed by atoms with Gasteiger partial charge in [-0.25, -0.2) is 8.42 Å². The molecule has 0 spiro atoms. The number of ether oxygens (including phenoxy) is 4. The molecule has 7 nitrogen and oxygen atoms in total. The Labute approximate surface area is 120 Å². The second-order valence-electron chi connectivity index (χ2n) is 4.18. The van der Waals surface area contributed by atoms with E-state index >= 15 is 0 Å². The van der Waals surface area contributed by atoms with E-state index in [1.54, 1.807) is 7.11 Å². The van der Waals surface area contributed by atoms with Crippen molar-refractivity contribution in [3.05, 3.63) is 0 Å². The number of carbonyl (C=O) groups excluding carboxylic acids is 1. The van der Waals surface area contributed by atoms with E-state index in [4.69, 9.17) is 14.2 Å². The molecule has 0 aromatic heterocycles. The summed E-state index contributed by atoms with van der Waals surface area (Å²) in [4.78, 5) is 11.0. The zero-order valence-electron chi connectivity index (χ0n) is 12.3. The van der Waals surface area contributed by atoms with E-state index in [1.807, 2.05) is 0 Å². The molecule has 1 atom stereocenters. The van der Waals surface area contributed by atoms with Crippen molar-refractivity contribution in [1.82, 2.24) is 0 Å². The van der Waals surface area contributed by atoms with Crippen molar-refractivity contribution in [2.75, 3.05) is 53.0 Å². The topological polar surface area (TPSA) is 88.1 Å². The van der Waals surface area contributed by atoms with Crippen molar-refractivity contribution in [2.24, 2.45) is 0 Å². The maximum absolute atomic E-state index is 11.8. The Morgan fingerprint density at radius 3 is 2.10 bits per heavy atom. The van der Waals surface area contributed by atoms with Crippen LogP contribution in [-0.2, 0) is 33.6 Å². The largest absolute Gasteiger partial charge is 0.469 e. The van der Waals surface area contributed by atoms with Gasteiger partial charge in [-0.3, -0.25) is 4.79 Å². The molecular formula is C12H24O7S. The van der Waals surface area contributed by atoms with Crippen LogP contribution in [0, 0.1) is 0 Å². The van der Waals surface area contributed by atoms with Crippen LogP contribution < -0.4 is 0 Å². The van der Waals surface area contributed by atoms with E-state index in [0.717, 1.165) is 0 Å². The maximum atomic E-state index is 11.8. The molecule has 0 saturated carbocycles. The summed E-state index contributed by atoms with van der Waals surface area (Å²) in [5.74, 6) is -0.656. The molecule has 0 radical (unpaired) electrons. The van der Waals surface area contributed by atoms with Gasteiger partial charge in [-0.1, -0.05) is 0 Å². The standard InChI is InChI=1S/C12H24O7S/c1-11(10-12(13)17-3)20(14,15)9-8-19-7-6-18-5-4-16-2/h11H,4-10H2,1-3H3. The molecule has 0 amide bonds. The van der Waals surface area contributed by atoms with E-state index in [1.165, 1.54) is 14.0 Å². The Morgan fingerprint density at radius 1 is 1.00 bits per heavy atom. The highest BCUT2D eigenvalue weighted by molar-refractivity contribution is 7.92. The van der Waals surface area contributed by atoms with Crippen LogP contribution in [0.25, 0.3) is 0 Å². The minimum absolute atomic E-state index is 0.0848. The first-order chi connectivity index (χ1) is 9.44. The summed E-state index contributed by atoms with van der Waals surface area (Å²) < 4.78 is 43.2. The van der Waals surface area contributed by atoms with Gasteiger partial charge in [0.2, 0.25) is 0 Å². The van der Waals surface area contributed by atoms with E-state index in [-0.39, 0.29) is 18.8 Å². The molecule has 0 aliphatic rings. The first-order valence-electron chi connectivity index (χ1n) is 6.36. The van der Waals surface area contributed by atoms with E-state index < -0.39 is 21.1 Å². The summed E-state index contributed by atoms with van der Waals surface area (Å²) in [6.45, 7) is 3.28. The van der Waals surface area contributed by atoms with Gasteiger partial charge in [-0.05, 0) is 6.92 Å². The summed E-state index contributed by atoms with van der Waals surface area (Å²) in [6.07, 6.45) is -0.140. The third-order valence-electron chi connectivity index (χ3n) is 2.61. The van der Waals surface area contributed by atoms with E-state index in [2.05, 4.69) is 4.74 Å². The summed E-state index contributed by atoms with van der Waals surface area (Å²) in [6, 6.07) is 0. The van der Waals surface area contributed by atoms with Crippen LogP contribution in [0.2, 0.25) is 0 Å². The third kappa shape index (κ3) is 9.24. The first-order valence-corrected chi connectivity index (χ1v) is 8.08. The van der Waals surface area contributed by atoms with Crippen molar-refractivity contribution < 1.29 is 32.2 Å². The monoisotopic (exact) mass is 312 g/mol. The normalized spacial score (nSPS) is 13.2. The second kappa shape index (κ2) is 11.0. The molecule has 0 aliphatic heterocycles. The van der Waals surface area contributed by atoms with Crippen molar-refractivity contribution in [3.8, 4) is 0 Å². The molecule has 120 valence electrons. The third-order valence-corrected chi connectivity index (χ3v) is 4.74.